The first-order chi connectivity index (χ1) is 17.2. The maximum absolute atomic E-state index is 13.5. The number of urea groups is 1. The van der Waals surface area contributed by atoms with Gasteiger partial charge in [-0.2, -0.15) is 0 Å². The average molecular weight is 499 g/mol. The number of nitrogens with zero attached hydrogens (tertiary/aromatic N) is 3. The van der Waals surface area contributed by atoms with Crippen LogP contribution in [0.15, 0.2) is 36.4 Å². The summed E-state index contributed by atoms with van der Waals surface area (Å²) in [6, 6.07) is 10.1. The summed E-state index contributed by atoms with van der Waals surface area (Å²) in [5, 5.41) is 12.7. The molecule has 3 atom stereocenters. The topological polar surface area (TPSA) is 104 Å². The van der Waals surface area contributed by atoms with E-state index in [1.54, 1.807) is 47.2 Å². The molecular formula is C26H34N4O6. The highest BCUT2D eigenvalue weighted by molar-refractivity contribution is 5.98. The molecule has 0 fully saturated rings. The lowest BCUT2D eigenvalue weighted by molar-refractivity contribution is 0.0371. The van der Waals surface area contributed by atoms with Crippen LogP contribution in [0.25, 0.3) is 0 Å². The molecule has 194 valence electrons. The number of carbonyl (C=O) groups excluding carboxylic acids is 2. The minimum Gasteiger partial charge on any atom is -0.487 e. The van der Waals surface area contributed by atoms with E-state index in [9.17, 15) is 14.7 Å². The molecule has 36 heavy (non-hydrogen) atoms. The molecule has 2 aromatic rings. The molecule has 2 N–H and O–H groups in total. The van der Waals surface area contributed by atoms with Gasteiger partial charge in [0.05, 0.1) is 24.8 Å². The van der Waals surface area contributed by atoms with Crippen LogP contribution in [0.3, 0.4) is 0 Å². The van der Waals surface area contributed by atoms with Crippen molar-refractivity contribution in [2.24, 2.45) is 5.92 Å². The number of nitrogens with one attached hydrogen (secondary N) is 1. The number of fused-ring (bicyclic) bond motifs is 2. The summed E-state index contributed by atoms with van der Waals surface area (Å²) >= 11 is 0. The first kappa shape index (κ1) is 25.4. The number of amides is 3. The van der Waals surface area contributed by atoms with Gasteiger partial charge in [0.25, 0.3) is 5.91 Å². The van der Waals surface area contributed by atoms with Crippen molar-refractivity contribution in [2.75, 3.05) is 57.8 Å². The Hall–Kier alpha value is -3.66. The lowest BCUT2D eigenvalue weighted by Crippen LogP contribution is -2.50. The molecule has 4 rings (SSSR count). The van der Waals surface area contributed by atoms with Crippen LogP contribution < -0.4 is 24.4 Å². The summed E-state index contributed by atoms with van der Waals surface area (Å²) in [7, 11) is 5.51. The monoisotopic (exact) mass is 498 g/mol. The number of benzene rings is 2. The molecule has 0 bridgehead atoms. The third-order valence-corrected chi connectivity index (χ3v) is 6.59. The van der Waals surface area contributed by atoms with Crippen molar-refractivity contribution in [3.63, 3.8) is 0 Å². The van der Waals surface area contributed by atoms with Gasteiger partial charge in [0.2, 0.25) is 6.79 Å². The Morgan fingerprint density at radius 1 is 1.14 bits per heavy atom. The number of ether oxygens (including phenoxy) is 3. The van der Waals surface area contributed by atoms with Crippen LogP contribution in [0.4, 0.5) is 16.2 Å². The molecule has 0 saturated heterocycles. The van der Waals surface area contributed by atoms with E-state index in [1.807, 2.05) is 38.9 Å². The normalized spacial score (nSPS) is 19.5. The Morgan fingerprint density at radius 3 is 2.58 bits per heavy atom. The van der Waals surface area contributed by atoms with Gasteiger partial charge in [0, 0.05) is 51.0 Å². The summed E-state index contributed by atoms with van der Waals surface area (Å²) in [5.74, 6) is 1.40. The van der Waals surface area contributed by atoms with Crippen LogP contribution in [0.1, 0.15) is 24.2 Å². The number of aliphatic hydroxyl groups is 1. The van der Waals surface area contributed by atoms with Gasteiger partial charge in [-0.05, 0) is 37.3 Å². The summed E-state index contributed by atoms with van der Waals surface area (Å²) in [5.41, 5.74) is 1.90. The zero-order valence-electron chi connectivity index (χ0n) is 21.4. The maximum Gasteiger partial charge on any atom is 0.321 e. The number of aliphatic hydroxyl groups excluding tert-OH is 1. The molecule has 2 aliphatic rings. The van der Waals surface area contributed by atoms with Crippen molar-refractivity contribution in [2.45, 2.75) is 26.0 Å². The van der Waals surface area contributed by atoms with Crippen molar-refractivity contribution in [1.29, 1.82) is 0 Å². The van der Waals surface area contributed by atoms with E-state index in [-0.39, 0.29) is 43.4 Å². The number of rotatable bonds is 6. The van der Waals surface area contributed by atoms with Crippen LogP contribution in [0, 0.1) is 5.92 Å². The average Bonchev–Trinajstić information content (AvgIpc) is 3.33. The molecule has 0 spiro atoms. The Morgan fingerprint density at radius 2 is 1.86 bits per heavy atom. The van der Waals surface area contributed by atoms with E-state index in [2.05, 4.69) is 5.32 Å². The van der Waals surface area contributed by atoms with Gasteiger partial charge >= 0.3 is 6.03 Å². The molecule has 2 aromatic carbocycles. The molecule has 2 heterocycles. The molecule has 10 heteroatoms. The first-order valence-corrected chi connectivity index (χ1v) is 12.0. The van der Waals surface area contributed by atoms with Gasteiger partial charge in [-0.25, -0.2) is 4.79 Å². The zero-order chi connectivity index (χ0) is 26.0. The predicted molar refractivity (Wildman–Crippen MR) is 136 cm³/mol. The van der Waals surface area contributed by atoms with Crippen molar-refractivity contribution in [1.82, 2.24) is 9.80 Å². The number of likely N-dealkylation sites (N-methyl/N-ethyl adjacent to an activating group) is 1. The van der Waals surface area contributed by atoms with E-state index in [1.165, 1.54) is 0 Å². The lowest BCUT2D eigenvalue weighted by atomic mass is 9.99. The van der Waals surface area contributed by atoms with Crippen LogP contribution >= 0.6 is 0 Å². The standard InChI is InChI=1S/C26H34N4O6/c1-16-12-30(17(2)14-31)25(32)20-11-19(28(3)4)7-9-21(20)36-24(16)13-29(5)26(33)27-18-6-8-22-23(10-18)35-15-34-22/h6-11,16-17,24,31H,12-15H2,1-5H3,(H,27,33)/t16-,17-,24-/m0/s1. The molecule has 0 radical (unpaired) electrons. The second-order valence-electron chi connectivity index (χ2n) is 9.58. The summed E-state index contributed by atoms with van der Waals surface area (Å²) in [6.45, 7) is 4.50. The van der Waals surface area contributed by atoms with Crippen LogP contribution in [-0.2, 0) is 0 Å². The van der Waals surface area contributed by atoms with E-state index in [0.717, 1.165) is 5.69 Å². The van der Waals surface area contributed by atoms with Crippen molar-refractivity contribution in [3.05, 3.63) is 42.0 Å². The quantitative estimate of drug-likeness (QED) is 0.631. The van der Waals surface area contributed by atoms with Crippen LogP contribution in [0.2, 0.25) is 0 Å². The minimum atomic E-state index is -0.386. The SMILES string of the molecule is C[C@H]1CN([C@@H](C)CO)C(=O)c2cc(N(C)C)ccc2O[C@H]1CN(C)C(=O)Nc1ccc2c(c1)OCO2. The van der Waals surface area contributed by atoms with Gasteiger partial charge in [0.1, 0.15) is 11.9 Å². The van der Waals surface area contributed by atoms with E-state index in [0.29, 0.717) is 41.6 Å². The number of hydrogen-bond donors (Lipinski definition) is 2. The van der Waals surface area contributed by atoms with E-state index in [4.69, 9.17) is 14.2 Å². The summed E-state index contributed by atoms with van der Waals surface area (Å²) in [4.78, 5) is 31.6. The third-order valence-electron chi connectivity index (χ3n) is 6.59. The van der Waals surface area contributed by atoms with Crippen molar-refractivity contribution >= 4 is 23.3 Å². The second kappa shape index (κ2) is 10.5. The fourth-order valence-corrected chi connectivity index (χ4v) is 4.25. The molecule has 0 saturated carbocycles. The Labute approximate surface area is 211 Å². The highest BCUT2D eigenvalue weighted by Gasteiger charge is 2.34. The van der Waals surface area contributed by atoms with Gasteiger partial charge in [-0.1, -0.05) is 6.92 Å². The van der Waals surface area contributed by atoms with E-state index >= 15 is 0 Å². The smallest absolute Gasteiger partial charge is 0.321 e. The number of anilines is 2. The second-order valence-corrected chi connectivity index (χ2v) is 9.58. The Kier molecular flexibility index (Phi) is 7.44. The van der Waals surface area contributed by atoms with Gasteiger partial charge in [-0.3, -0.25) is 4.79 Å². The summed E-state index contributed by atoms with van der Waals surface area (Å²) in [6.07, 6.45) is -0.386. The largest absolute Gasteiger partial charge is 0.487 e. The Bertz CT molecular complexity index is 1120. The molecular weight excluding hydrogens is 464 g/mol. The van der Waals surface area contributed by atoms with Crippen molar-refractivity contribution in [3.8, 4) is 17.2 Å². The minimum absolute atomic E-state index is 0.106. The van der Waals surface area contributed by atoms with Gasteiger partial charge in [-0.15, -0.1) is 0 Å². The van der Waals surface area contributed by atoms with Crippen LogP contribution in [-0.4, -0.2) is 86.6 Å². The lowest BCUT2D eigenvalue weighted by Gasteiger charge is -2.38. The fourth-order valence-electron chi connectivity index (χ4n) is 4.25. The molecule has 0 aliphatic carbocycles. The number of carbonyl (C=O) groups is 2. The first-order valence-electron chi connectivity index (χ1n) is 12.0. The summed E-state index contributed by atoms with van der Waals surface area (Å²) < 4.78 is 17.1. The predicted octanol–water partition coefficient (Wildman–Crippen LogP) is 2.87. The molecule has 3 amide bonds. The Balaban J connectivity index is 1.54. The van der Waals surface area contributed by atoms with Crippen LogP contribution in [0.5, 0.6) is 17.2 Å². The highest BCUT2D eigenvalue weighted by atomic mass is 16.7. The van der Waals surface area contributed by atoms with E-state index < -0.39 is 0 Å². The zero-order valence-corrected chi connectivity index (χ0v) is 21.4. The maximum atomic E-state index is 13.5. The van der Waals surface area contributed by atoms with Crippen molar-refractivity contribution < 1.29 is 28.9 Å². The van der Waals surface area contributed by atoms with Gasteiger partial charge < -0.3 is 39.3 Å². The number of hydrogen-bond acceptors (Lipinski definition) is 7. The highest BCUT2D eigenvalue weighted by Crippen LogP contribution is 2.34. The van der Waals surface area contributed by atoms with Gasteiger partial charge in [0.15, 0.2) is 11.5 Å². The molecule has 0 unspecified atom stereocenters. The molecule has 10 nitrogen and oxygen atoms in total. The molecule has 0 aromatic heterocycles. The molecule has 2 aliphatic heterocycles. The fraction of sp³-hybridized carbons (Fsp3) is 0.462. The third kappa shape index (κ3) is 5.28.